The van der Waals surface area contributed by atoms with Gasteiger partial charge in [-0.15, -0.1) is 0 Å². The second-order valence-electron chi connectivity index (χ2n) is 4.41. The summed E-state index contributed by atoms with van der Waals surface area (Å²) in [5, 5.41) is 8.87. The van der Waals surface area contributed by atoms with Crippen LogP contribution in [0.3, 0.4) is 0 Å². The number of pyridine rings is 1. The lowest BCUT2D eigenvalue weighted by atomic mass is 10.1. The third kappa shape index (κ3) is 3.59. The summed E-state index contributed by atoms with van der Waals surface area (Å²) in [6.45, 7) is 0.177. The van der Waals surface area contributed by atoms with E-state index < -0.39 is 40.4 Å². The maximum atomic E-state index is 14.4. The van der Waals surface area contributed by atoms with Gasteiger partial charge in [-0.1, -0.05) is 0 Å². The highest BCUT2D eigenvalue weighted by atomic mass is 19.1. The molecule has 0 radical (unpaired) electrons. The third-order valence-corrected chi connectivity index (χ3v) is 2.90. The first-order chi connectivity index (χ1) is 11.0. The van der Waals surface area contributed by atoms with E-state index in [9.17, 15) is 18.0 Å². The summed E-state index contributed by atoms with van der Waals surface area (Å²) in [6.07, 6.45) is 0. The van der Waals surface area contributed by atoms with Crippen LogP contribution < -0.4 is 4.74 Å². The molecule has 1 heterocycles. The van der Waals surface area contributed by atoms with E-state index in [0.29, 0.717) is 0 Å². The molecule has 0 spiro atoms. The molecule has 0 fully saturated rings. The average Bonchev–Trinajstić information content (AvgIpc) is 2.51. The summed E-state index contributed by atoms with van der Waals surface area (Å²) in [7, 11) is 1.42. The van der Waals surface area contributed by atoms with E-state index in [0.717, 1.165) is 24.3 Å². The molecule has 0 atom stereocenters. The molecule has 0 saturated heterocycles. The number of carbonyl (C=O) groups is 1. The first kappa shape index (κ1) is 16.8. The molecular formula is C15H12F3NO4. The lowest BCUT2D eigenvalue weighted by Gasteiger charge is -2.11. The van der Waals surface area contributed by atoms with Crippen molar-refractivity contribution in [1.82, 2.24) is 4.98 Å². The van der Waals surface area contributed by atoms with Gasteiger partial charge >= 0.3 is 5.97 Å². The molecule has 2 rings (SSSR count). The summed E-state index contributed by atoms with van der Waals surface area (Å²) >= 11 is 0. The van der Waals surface area contributed by atoms with Gasteiger partial charge < -0.3 is 14.6 Å². The van der Waals surface area contributed by atoms with E-state index in [1.165, 1.54) is 7.11 Å². The first-order valence-corrected chi connectivity index (χ1v) is 6.45. The number of aromatic carboxylic acids is 1. The highest BCUT2D eigenvalue weighted by Gasteiger charge is 2.22. The number of carboxylic acids is 1. The van der Waals surface area contributed by atoms with Crippen LogP contribution in [0.15, 0.2) is 24.3 Å². The number of methoxy groups -OCH3 is 1. The Bertz CT molecular complexity index is 737. The maximum Gasteiger partial charge on any atom is 0.354 e. The van der Waals surface area contributed by atoms with Gasteiger partial charge in [-0.3, -0.25) is 0 Å². The number of ether oxygens (including phenoxy) is 2. The number of hydrogen-bond acceptors (Lipinski definition) is 4. The lowest BCUT2D eigenvalue weighted by molar-refractivity contribution is 0.0690. The molecule has 0 amide bonds. The fourth-order valence-electron chi connectivity index (χ4n) is 1.83. The van der Waals surface area contributed by atoms with Crippen LogP contribution in [0.2, 0.25) is 0 Å². The predicted molar refractivity (Wildman–Crippen MR) is 73.9 cm³/mol. The standard InChI is InChI=1S/C15H12F3NO4/c1-22-6-7-23-11-5-3-8(16)12(13(11)18)14-9(17)2-4-10(19-14)15(20)21/h2-5H,6-7H2,1H3,(H,20,21). The minimum absolute atomic E-state index is 0.00354. The van der Waals surface area contributed by atoms with Crippen LogP contribution in [-0.2, 0) is 4.74 Å². The Hall–Kier alpha value is -2.61. The van der Waals surface area contributed by atoms with Gasteiger partial charge in [0.15, 0.2) is 11.6 Å². The second-order valence-corrected chi connectivity index (χ2v) is 4.41. The minimum Gasteiger partial charge on any atom is -0.488 e. The van der Waals surface area contributed by atoms with Gasteiger partial charge in [0.2, 0.25) is 0 Å². The Morgan fingerprint density at radius 2 is 1.83 bits per heavy atom. The van der Waals surface area contributed by atoms with Crippen molar-refractivity contribution >= 4 is 5.97 Å². The summed E-state index contributed by atoms with van der Waals surface area (Å²) in [5.41, 5.74) is -2.07. The van der Waals surface area contributed by atoms with Gasteiger partial charge in [0, 0.05) is 7.11 Å². The monoisotopic (exact) mass is 327 g/mol. The van der Waals surface area contributed by atoms with Crippen LogP contribution in [0.25, 0.3) is 11.3 Å². The highest BCUT2D eigenvalue weighted by Crippen LogP contribution is 2.32. The largest absolute Gasteiger partial charge is 0.488 e. The third-order valence-electron chi connectivity index (χ3n) is 2.90. The Labute approximate surface area is 129 Å². The maximum absolute atomic E-state index is 14.4. The number of hydrogen-bond donors (Lipinski definition) is 1. The summed E-state index contributed by atoms with van der Waals surface area (Å²) in [4.78, 5) is 14.4. The van der Waals surface area contributed by atoms with Crippen LogP contribution in [0.4, 0.5) is 13.2 Å². The highest BCUT2D eigenvalue weighted by molar-refractivity contribution is 5.86. The van der Waals surface area contributed by atoms with Crippen molar-refractivity contribution in [1.29, 1.82) is 0 Å². The second kappa shape index (κ2) is 7.10. The zero-order chi connectivity index (χ0) is 17.0. The normalized spacial score (nSPS) is 10.6. The zero-order valence-corrected chi connectivity index (χ0v) is 12.0. The summed E-state index contributed by atoms with van der Waals surface area (Å²) in [6, 6.07) is 3.61. The van der Waals surface area contributed by atoms with Gasteiger partial charge in [-0.2, -0.15) is 0 Å². The molecule has 23 heavy (non-hydrogen) atoms. The molecule has 8 heteroatoms. The smallest absolute Gasteiger partial charge is 0.354 e. The van der Waals surface area contributed by atoms with E-state index in [1.54, 1.807) is 0 Å². The first-order valence-electron chi connectivity index (χ1n) is 6.45. The quantitative estimate of drug-likeness (QED) is 0.826. The molecule has 122 valence electrons. The summed E-state index contributed by atoms with van der Waals surface area (Å²) < 4.78 is 52.0. The molecule has 0 aliphatic heterocycles. The fraction of sp³-hybridized carbons (Fsp3) is 0.200. The topological polar surface area (TPSA) is 68.7 Å². The van der Waals surface area contributed by atoms with Gasteiger partial charge in [0.25, 0.3) is 0 Å². The SMILES string of the molecule is COCCOc1ccc(F)c(-c2nc(C(=O)O)ccc2F)c1F. The van der Waals surface area contributed by atoms with Gasteiger partial charge in [-0.05, 0) is 24.3 Å². The molecule has 5 nitrogen and oxygen atoms in total. The van der Waals surface area contributed by atoms with Crippen molar-refractivity contribution in [3.8, 4) is 17.0 Å². The Balaban J connectivity index is 2.52. The predicted octanol–water partition coefficient (Wildman–Crippen LogP) is 2.89. The molecule has 1 aromatic heterocycles. The average molecular weight is 327 g/mol. The van der Waals surface area contributed by atoms with E-state index in [1.807, 2.05) is 0 Å². The Kier molecular flexibility index (Phi) is 5.17. The van der Waals surface area contributed by atoms with Crippen molar-refractivity contribution in [2.75, 3.05) is 20.3 Å². The Morgan fingerprint density at radius 1 is 1.13 bits per heavy atom. The minimum atomic E-state index is -1.44. The van der Waals surface area contributed by atoms with Gasteiger partial charge in [0.1, 0.15) is 29.6 Å². The summed E-state index contributed by atoms with van der Waals surface area (Å²) in [5.74, 6) is -5.08. The van der Waals surface area contributed by atoms with Crippen LogP contribution in [0.1, 0.15) is 10.5 Å². The van der Waals surface area contributed by atoms with E-state index in [-0.39, 0.29) is 19.0 Å². The van der Waals surface area contributed by atoms with Crippen molar-refractivity contribution in [2.24, 2.45) is 0 Å². The van der Waals surface area contributed by atoms with Crippen LogP contribution in [-0.4, -0.2) is 36.4 Å². The molecule has 0 bridgehead atoms. The number of carboxylic acid groups (broad SMARTS) is 1. The molecule has 2 aromatic rings. The Morgan fingerprint density at radius 3 is 2.48 bits per heavy atom. The molecule has 1 aromatic carbocycles. The van der Waals surface area contributed by atoms with Gasteiger partial charge in [0.05, 0.1) is 12.2 Å². The van der Waals surface area contributed by atoms with E-state index in [2.05, 4.69) is 4.98 Å². The fourth-order valence-corrected chi connectivity index (χ4v) is 1.83. The molecule has 0 saturated carbocycles. The van der Waals surface area contributed by atoms with Crippen LogP contribution >= 0.6 is 0 Å². The molecule has 1 N–H and O–H groups in total. The van der Waals surface area contributed by atoms with E-state index in [4.69, 9.17) is 14.6 Å². The zero-order valence-electron chi connectivity index (χ0n) is 12.0. The van der Waals surface area contributed by atoms with Crippen molar-refractivity contribution < 1.29 is 32.5 Å². The lowest BCUT2D eigenvalue weighted by Crippen LogP contribution is -2.08. The number of benzene rings is 1. The molecule has 0 unspecified atom stereocenters. The van der Waals surface area contributed by atoms with Crippen molar-refractivity contribution in [3.63, 3.8) is 0 Å². The molecule has 0 aliphatic carbocycles. The number of nitrogens with zero attached hydrogens (tertiary/aromatic N) is 1. The van der Waals surface area contributed by atoms with Gasteiger partial charge in [-0.25, -0.2) is 22.9 Å². The number of rotatable bonds is 6. The molecular weight excluding hydrogens is 315 g/mol. The van der Waals surface area contributed by atoms with Crippen LogP contribution in [0, 0.1) is 17.5 Å². The number of halogens is 3. The van der Waals surface area contributed by atoms with Crippen molar-refractivity contribution in [2.45, 2.75) is 0 Å². The molecule has 0 aliphatic rings. The number of aromatic nitrogens is 1. The van der Waals surface area contributed by atoms with Crippen LogP contribution in [0.5, 0.6) is 5.75 Å². The van der Waals surface area contributed by atoms with Crippen molar-refractivity contribution in [3.05, 3.63) is 47.4 Å². The van der Waals surface area contributed by atoms with E-state index >= 15 is 0 Å².